The van der Waals surface area contributed by atoms with Gasteiger partial charge in [-0.25, -0.2) is 4.57 Å². The molecule has 0 spiro atoms. The number of phosphoric acid groups is 1. The lowest BCUT2D eigenvalue weighted by molar-refractivity contribution is -0.161. The van der Waals surface area contributed by atoms with Crippen molar-refractivity contribution in [3.63, 3.8) is 0 Å². The van der Waals surface area contributed by atoms with Gasteiger partial charge in [0, 0.05) is 19.3 Å². The van der Waals surface area contributed by atoms with Crippen LogP contribution in [-0.2, 0) is 32.9 Å². The van der Waals surface area contributed by atoms with E-state index in [-0.39, 0.29) is 38.1 Å². The van der Waals surface area contributed by atoms with Crippen LogP contribution in [0.25, 0.3) is 0 Å². The molecule has 0 radical (unpaired) electrons. The maximum absolute atomic E-state index is 12.4. The summed E-state index contributed by atoms with van der Waals surface area (Å²) in [7, 11) is -4.82. The lowest BCUT2D eigenvalue weighted by atomic mass is 10.1. The van der Waals surface area contributed by atoms with E-state index in [2.05, 4.69) is 54.8 Å². The average Bonchev–Trinajstić information content (AvgIpc) is 3.09. The molecule has 0 heterocycles. The van der Waals surface area contributed by atoms with Gasteiger partial charge in [-0.2, -0.15) is 0 Å². The van der Waals surface area contributed by atoms with Gasteiger partial charge in [0.15, 0.2) is 11.9 Å². The monoisotopic (exact) mass is 736 g/mol. The van der Waals surface area contributed by atoms with Crippen molar-refractivity contribution in [2.24, 2.45) is 0 Å². The lowest BCUT2D eigenvalue weighted by Crippen LogP contribution is -2.29. The van der Waals surface area contributed by atoms with Crippen LogP contribution in [-0.4, -0.2) is 46.8 Å². The Kier molecular flexibility index (Phi) is 34.0. The van der Waals surface area contributed by atoms with Crippen molar-refractivity contribution in [2.45, 2.75) is 168 Å². The van der Waals surface area contributed by atoms with Gasteiger partial charge in [-0.1, -0.05) is 133 Å². The molecule has 0 aromatic heterocycles. The number of carbonyl (C=O) groups is 3. The number of unbranched alkanes of at least 4 members (excludes halogenated alkanes) is 14. The summed E-state index contributed by atoms with van der Waals surface area (Å²) in [6.07, 6.45) is 40.9. The van der Waals surface area contributed by atoms with Crippen LogP contribution in [0.15, 0.2) is 60.8 Å². The number of ketones is 1. The molecule has 9 nitrogen and oxygen atoms in total. The predicted octanol–water partition coefficient (Wildman–Crippen LogP) is 10.9. The van der Waals surface area contributed by atoms with Crippen LogP contribution >= 0.6 is 7.82 Å². The van der Waals surface area contributed by atoms with E-state index in [1.807, 2.05) is 12.2 Å². The van der Waals surface area contributed by atoms with Crippen molar-refractivity contribution in [1.82, 2.24) is 0 Å². The second-order valence-electron chi connectivity index (χ2n) is 12.9. The van der Waals surface area contributed by atoms with Crippen molar-refractivity contribution < 1.29 is 42.7 Å². The van der Waals surface area contributed by atoms with Gasteiger partial charge in [0.1, 0.15) is 6.61 Å². The van der Waals surface area contributed by atoms with Gasteiger partial charge in [0.05, 0.1) is 6.61 Å². The number of phosphoric ester groups is 1. The number of carbonyl (C=O) groups excluding carboxylic acids is 3. The first-order valence-corrected chi connectivity index (χ1v) is 21.1. The van der Waals surface area contributed by atoms with Crippen LogP contribution in [0.4, 0.5) is 0 Å². The highest BCUT2D eigenvalue weighted by Gasteiger charge is 2.23. The van der Waals surface area contributed by atoms with Gasteiger partial charge in [-0.3, -0.25) is 18.9 Å². The summed E-state index contributed by atoms with van der Waals surface area (Å²) in [6.45, 7) is 3.42. The number of esters is 2. The molecule has 0 aliphatic carbocycles. The van der Waals surface area contributed by atoms with E-state index in [9.17, 15) is 18.9 Å². The van der Waals surface area contributed by atoms with Crippen molar-refractivity contribution in [3.05, 3.63) is 60.8 Å². The summed E-state index contributed by atoms with van der Waals surface area (Å²) < 4.78 is 26.1. The van der Waals surface area contributed by atoms with Crippen LogP contribution < -0.4 is 0 Å². The lowest BCUT2D eigenvalue weighted by Gasteiger charge is -2.18. The molecule has 292 valence electrons. The maximum atomic E-state index is 12.4. The Labute approximate surface area is 309 Å². The van der Waals surface area contributed by atoms with Crippen LogP contribution in [0.2, 0.25) is 0 Å². The summed E-state index contributed by atoms with van der Waals surface area (Å²) in [5.74, 6) is -1.28. The second-order valence-corrected chi connectivity index (χ2v) is 14.2. The van der Waals surface area contributed by atoms with Gasteiger partial charge in [0.25, 0.3) is 0 Å². The summed E-state index contributed by atoms with van der Waals surface area (Å²) in [4.78, 5) is 54.8. The number of hydrogen-bond acceptors (Lipinski definition) is 7. The third-order valence-electron chi connectivity index (χ3n) is 7.99. The Hall–Kier alpha value is -2.58. The fourth-order valence-electron chi connectivity index (χ4n) is 5.03. The third-order valence-corrected chi connectivity index (χ3v) is 8.47. The van der Waals surface area contributed by atoms with Gasteiger partial charge in [0.2, 0.25) is 0 Å². The van der Waals surface area contributed by atoms with Crippen molar-refractivity contribution >= 4 is 25.5 Å². The molecule has 0 unspecified atom stereocenters. The quantitative estimate of drug-likeness (QED) is 0.0163. The van der Waals surface area contributed by atoms with Crippen molar-refractivity contribution in [3.8, 4) is 0 Å². The summed E-state index contributed by atoms with van der Waals surface area (Å²) in [5, 5.41) is 0. The highest BCUT2D eigenvalue weighted by molar-refractivity contribution is 7.46. The standard InChI is InChI=1S/C41H69O9P/c1-3-5-7-9-11-13-15-17-18-20-22-24-26-28-30-34-40(43)48-36-39(37-49-51(45,46)47)50-41(44)35-31-33-38(42)32-29-27-25-23-21-19-16-14-12-10-8-6-4-2/h12-15,19,21,25,27,29,32,39H,3-11,16-18,20,22-24,26,28,30-31,33-37H2,1-2H3,(H2,45,46,47)/b14-12-,15-13-,21-19-,27-25-,32-29+/t39-/m1/s1. The first kappa shape index (κ1) is 48.4. The van der Waals surface area contributed by atoms with Crippen molar-refractivity contribution in [2.75, 3.05) is 13.2 Å². The second kappa shape index (κ2) is 35.8. The van der Waals surface area contributed by atoms with Gasteiger partial charge in [-0.05, 0) is 70.3 Å². The normalized spacial score (nSPS) is 13.0. The number of rotatable bonds is 35. The molecular weight excluding hydrogens is 667 g/mol. The largest absolute Gasteiger partial charge is 0.469 e. The fraction of sp³-hybridized carbons (Fsp3) is 0.683. The molecule has 0 aromatic rings. The van der Waals surface area contributed by atoms with Gasteiger partial charge in [-0.15, -0.1) is 0 Å². The van der Waals surface area contributed by atoms with Crippen LogP contribution in [0.5, 0.6) is 0 Å². The highest BCUT2D eigenvalue weighted by Crippen LogP contribution is 2.36. The molecule has 1 atom stereocenters. The Bertz CT molecular complexity index is 1070. The Morgan fingerprint density at radius 1 is 0.569 bits per heavy atom. The molecule has 0 aliphatic heterocycles. The number of ether oxygens (including phenoxy) is 2. The molecular formula is C41H69O9P. The van der Waals surface area contributed by atoms with E-state index in [0.29, 0.717) is 6.42 Å². The minimum Gasteiger partial charge on any atom is -0.462 e. The smallest absolute Gasteiger partial charge is 0.462 e. The van der Waals surface area contributed by atoms with E-state index in [1.165, 1.54) is 76.7 Å². The molecule has 0 rings (SSSR count). The zero-order valence-electron chi connectivity index (χ0n) is 31.7. The minimum atomic E-state index is -4.82. The summed E-state index contributed by atoms with van der Waals surface area (Å²) in [5.41, 5.74) is 0. The molecule has 0 aliphatic rings. The van der Waals surface area contributed by atoms with Crippen LogP contribution in [0.1, 0.15) is 162 Å². The highest BCUT2D eigenvalue weighted by atomic mass is 31.2. The molecule has 2 N–H and O–H groups in total. The molecule has 0 saturated heterocycles. The molecule has 0 amide bonds. The van der Waals surface area contributed by atoms with E-state index in [0.717, 1.165) is 44.9 Å². The van der Waals surface area contributed by atoms with Gasteiger partial charge < -0.3 is 19.3 Å². The third kappa shape index (κ3) is 38.5. The summed E-state index contributed by atoms with van der Waals surface area (Å²) >= 11 is 0. The van der Waals surface area contributed by atoms with E-state index < -0.39 is 32.5 Å². The zero-order valence-corrected chi connectivity index (χ0v) is 32.6. The molecule has 10 heteroatoms. The van der Waals surface area contributed by atoms with Gasteiger partial charge >= 0.3 is 19.8 Å². The Morgan fingerprint density at radius 2 is 1.08 bits per heavy atom. The minimum absolute atomic E-state index is 0.0799. The summed E-state index contributed by atoms with van der Waals surface area (Å²) in [6, 6.07) is 0. The molecule has 0 aromatic carbocycles. The van der Waals surface area contributed by atoms with E-state index >= 15 is 0 Å². The molecule has 0 bridgehead atoms. The molecule has 0 fully saturated rings. The SMILES string of the molecule is CCCCC/C=C\C/C=C\C/C=C\C=C\C(=O)CCCC(=O)O[C@H](COC(=O)CCCCCCCCC/C=C\CCCCCC)COP(=O)(O)O. The van der Waals surface area contributed by atoms with Crippen molar-refractivity contribution in [1.29, 1.82) is 0 Å². The van der Waals surface area contributed by atoms with Crippen LogP contribution in [0, 0.1) is 0 Å². The number of allylic oxidation sites excluding steroid dienone is 10. The molecule has 51 heavy (non-hydrogen) atoms. The maximum Gasteiger partial charge on any atom is 0.469 e. The van der Waals surface area contributed by atoms with Crippen LogP contribution in [0.3, 0.4) is 0 Å². The first-order valence-electron chi connectivity index (χ1n) is 19.5. The average molecular weight is 737 g/mol. The van der Waals surface area contributed by atoms with E-state index in [1.54, 1.807) is 6.08 Å². The predicted molar refractivity (Wildman–Crippen MR) is 207 cm³/mol. The van der Waals surface area contributed by atoms with E-state index in [4.69, 9.17) is 19.3 Å². The number of hydrogen-bond donors (Lipinski definition) is 2. The topological polar surface area (TPSA) is 136 Å². The Morgan fingerprint density at radius 3 is 1.73 bits per heavy atom. The first-order chi connectivity index (χ1) is 24.7. The fourth-order valence-corrected chi connectivity index (χ4v) is 5.39. The molecule has 0 saturated carbocycles. The zero-order chi connectivity index (χ0) is 37.7. The Balaban J connectivity index is 4.18.